The Hall–Kier alpha value is -1.60. The van der Waals surface area contributed by atoms with Crippen LogP contribution in [0.5, 0.6) is 0 Å². The van der Waals surface area contributed by atoms with E-state index in [4.69, 9.17) is 0 Å². The molecule has 1 aromatic carbocycles. The maximum absolute atomic E-state index is 3.77. The van der Waals surface area contributed by atoms with Crippen molar-refractivity contribution < 1.29 is 0 Å². The van der Waals surface area contributed by atoms with Crippen molar-refractivity contribution in [1.82, 2.24) is 4.90 Å². The Morgan fingerprint density at radius 3 is 1.95 bits per heavy atom. The van der Waals surface area contributed by atoms with E-state index in [1.807, 2.05) is 6.08 Å². The molecule has 0 spiro atoms. The lowest BCUT2D eigenvalue weighted by molar-refractivity contribution is 0.221. The Labute approximate surface area is 118 Å². The zero-order chi connectivity index (χ0) is 13.9. The average Bonchev–Trinajstić information content (AvgIpc) is 2.49. The molecule has 0 radical (unpaired) electrons. The van der Waals surface area contributed by atoms with Crippen molar-refractivity contribution in [2.24, 2.45) is 0 Å². The standard InChI is InChI=1S/C14H19N.C4H6/c1-2-13-6-8-14(9-7-13)12-15-10-4-3-5-11-15;1-3-4-2/h2,6-9H,1,3-5,10-12H2;3-4H,1-2H2. The van der Waals surface area contributed by atoms with Gasteiger partial charge in [-0.05, 0) is 37.1 Å². The van der Waals surface area contributed by atoms with E-state index in [0.717, 1.165) is 6.54 Å². The highest BCUT2D eigenvalue weighted by Crippen LogP contribution is 2.13. The lowest BCUT2D eigenvalue weighted by Crippen LogP contribution is -2.28. The summed E-state index contributed by atoms with van der Waals surface area (Å²) in [6.07, 6.45) is 9.31. The fraction of sp³-hybridized carbons (Fsp3) is 0.333. The highest BCUT2D eigenvalue weighted by Gasteiger charge is 2.09. The van der Waals surface area contributed by atoms with Crippen LogP contribution in [0.4, 0.5) is 0 Å². The van der Waals surface area contributed by atoms with E-state index in [-0.39, 0.29) is 0 Å². The Bertz CT molecular complexity index is 377. The SMILES string of the molecule is C=CC=C.C=Cc1ccc(CN2CCCCC2)cc1. The molecule has 0 N–H and O–H groups in total. The summed E-state index contributed by atoms with van der Waals surface area (Å²) >= 11 is 0. The van der Waals surface area contributed by atoms with Crippen LogP contribution < -0.4 is 0 Å². The van der Waals surface area contributed by atoms with E-state index < -0.39 is 0 Å². The van der Waals surface area contributed by atoms with Crippen LogP contribution in [0.1, 0.15) is 30.4 Å². The van der Waals surface area contributed by atoms with Crippen LogP contribution in [0.25, 0.3) is 6.08 Å². The fourth-order valence-electron chi connectivity index (χ4n) is 2.13. The predicted molar refractivity (Wildman–Crippen MR) is 86.1 cm³/mol. The molecule has 1 heterocycles. The molecule has 102 valence electrons. The predicted octanol–water partition coefficient (Wildman–Crippen LogP) is 4.67. The number of likely N-dealkylation sites (tertiary alicyclic amines) is 1. The lowest BCUT2D eigenvalue weighted by Gasteiger charge is -2.26. The van der Waals surface area contributed by atoms with Crippen molar-refractivity contribution in [2.75, 3.05) is 13.1 Å². The average molecular weight is 255 g/mol. The van der Waals surface area contributed by atoms with Gasteiger partial charge < -0.3 is 0 Å². The van der Waals surface area contributed by atoms with Gasteiger partial charge in [-0.1, -0.05) is 68.7 Å². The summed E-state index contributed by atoms with van der Waals surface area (Å²) in [7, 11) is 0. The van der Waals surface area contributed by atoms with Gasteiger partial charge in [-0.25, -0.2) is 0 Å². The van der Waals surface area contributed by atoms with Gasteiger partial charge in [-0.3, -0.25) is 4.90 Å². The molecule has 0 aliphatic carbocycles. The molecular formula is C18H25N. The third kappa shape index (κ3) is 6.21. The second-order valence-corrected chi connectivity index (χ2v) is 4.75. The van der Waals surface area contributed by atoms with E-state index in [0.29, 0.717) is 0 Å². The third-order valence-electron chi connectivity index (χ3n) is 3.24. The van der Waals surface area contributed by atoms with Gasteiger partial charge in [0.25, 0.3) is 0 Å². The fourth-order valence-corrected chi connectivity index (χ4v) is 2.13. The maximum atomic E-state index is 3.77. The van der Waals surface area contributed by atoms with Crippen molar-refractivity contribution in [1.29, 1.82) is 0 Å². The first kappa shape index (κ1) is 15.5. The Kier molecular flexibility index (Phi) is 7.60. The smallest absolute Gasteiger partial charge is 0.0233 e. The molecule has 1 saturated heterocycles. The Balaban J connectivity index is 0.000000399. The maximum Gasteiger partial charge on any atom is 0.0233 e. The van der Waals surface area contributed by atoms with Gasteiger partial charge in [0, 0.05) is 6.54 Å². The zero-order valence-electron chi connectivity index (χ0n) is 11.9. The van der Waals surface area contributed by atoms with Gasteiger partial charge in [-0.15, -0.1) is 0 Å². The Morgan fingerprint density at radius 2 is 1.47 bits per heavy atom. The number of piperidine rings is 1. The first-order valence-electron chi connectivity index (χ1n) is 6.97. The first-order chi connectivity index (χ1) is 9.30. The minimum Gasteiger partial charge on any atom is -0.299 e. The quantitative estimate of drug-likeness (QED) is 0.706. The molecule has 0 atom stereocenters. The largest absolute Gasteiger partial charge is 0.299 e. The number of hydrogen-bond acceptors (Lipinski definition) is 1. The van der Waals surface area contributed by atoms with Crippen LogP contribution in [-0.2, 0) is 6.54 Å². The molecule has 0 unspecified atom stereocenters. The van der Waals surface area contributed by atoms with E-state index in [1.54, 1.807) is 12.2 Å². The zero-order valence-corrected chi connectivity index (χ0v) is 11.9. The minimum absolute atomic E-state index is 1.11. The topological polar surface area (TPSA) is 3.24 Å². The summed E-state index contributed by atoms with van der Waals surface area (Å²) < 4.78 is 0. The molecule has 1 aromatic rings. The molecule has 1 aliphatic rings. The van der Waals surface area contributed by atoms with E-state index in [2.05, 4.69) is 48.9 Å². The third-order valence-corrected chi connectivity index (χ3v) is 3.24. The van der Waals surface area contributed by atoms with Crippen LogP contribution in [0.3, 0.4) is 0 Å². The highest BCUT2D eigenvalue weighted by molar-refractivity contribution is 5.47. The van der Waals surface area contributed by atoms with Gasteiger partial charge >= 0.3 is 0 Å². The van der Waals surface area contributed by atoms with Gasteiger partial charge in [-0.2, -0.15) is 0 Å². The Morgan fingerprint density at radius 1 is 0.895 bits per heavy atom. The lowest BCUT2D eigenvalue weighted by atomic mass is 10.1. The van der Waals surface area contributed by atoms with Crippen molar-refractivity contribution in [3.8, 4) is 0 Å². The van der Waals surface area contributed by atoms with Crippen LogP contribution in [0.2, 0.25) is 0 Å². The minimum atomic E-state index is 1.11. The van der Waals surface area contributed by atoms with E-state index >= 15 is 0 Å². The molecule has 1 nitrogen and oxygen atoms in total. The first-order valence-corrected chi connectivity index (χ1v) is 6.97. The number of benzene rings is 1. The molecular weight excluding hydrogens is 230 g/mol. The normalized spacial score (nSPS) is 14.9. The number of rotatable bonds is 4. The van der Waals surface area contributed by atoms with E-state index in [9.17, 15) is 0 Å². The van der Waals surface area contributed by atoms with Crippen molar-refractivity contribution in [3.05, 3.63) is 67.3 Å². The van der Waals surface area contributed by atoms with Crippen LogP contribution in [0.15, 0.2) is 56.2 Å². The molecule has 0 saturated carbocycles. The molecule has 0 amide bonds. The summed E-state index contributed by atoms with van der Waals surface area (Å²) in [5, 5.41) is 0. The summed E-state index contributed by atoms with van der Waals surface area (Å²) in [4.78, 5) is 2.55. The molecule has 1 aliphatic heterocycles. The summed E-state index contributed by atoms with van der Waals surface area (Å²) in [6, 6.07) is 8.72. The molecule has 0 aromatic heterocycles. The molecule has 0 bridgehead atoms. The van der Waals surface area contributed by atoms with E-state index in [1.165, 1.54) is 43.5 Å². The number of hydrogen-bond donors (Lipinski definition) is 0. The highest BCUT2D eigenvalue weighted by atomic mass is 15.1. The van der Waals surface area contributed by atoms with Gasteiger partial charge in [0.15, 0.2) is 0 Å². The van der Waals surface area contributed by atoms with Crippen molar-refractivity contribution >= 4 is 6.08 Å². The van der Waals surface area contributed by atoms with Crippen molar-refractivity contribution in [2.45, 2.75) is 25.8 Å². The second kappa shape index (κ2) is 9.35. The molecule has 19 heavy (non-hydrogen) atoms. The van der Waals surface area contributed by atoms with Crippen molar-refractivity contribution in [3.63, 3.8) is 0 Å². The van der Waals surface area contributed by atoms with Crippen LogP contribution in [0, 0.1) is 0 Å². The monoisotopic (exact) mass is 255 g/mol. The number of allylic oxidation sites excluding steroid dienone is 2. The van der Waals surface area contributed by atoms with Crippen LogP contribution in [-0.4, -0.2) is 18.0 Å². The molecule has 1 fully saturated rings. The summed E-state index contributed by atoms with van der Waals surface area (Å²) in [6.45, 7) is 14.1. The number of nitrogens with zero attached hydrogens (tertiary/aromatic N) is 1. The van der Waals surface area contributed by atoms with Gasteiger partial charge in [0.1, 0.15) is 0 Å². The van der Waals surface area contributed by atoms with Gasteiger partial charge in [0.2, 0.25) is 0 Å². The molecule has 2 rings (SSSR count). The summed E-state index contributed by atoms with van der Waals surface area (Å²) in [5.41, 5.74) is 2.62. The summed E-state index contributed by atoms with van der Waals surface area (Å²) in [5.74, 6) is 0. The molecule has 1 heteroatoms. The second-order valence-electron chi connectivity index (χ2n) is 4.75. The van der Waals surface area contributed by atoms with Crippen LogP contribution >= 0.6 is 0 Å². The van der Waals surface area contributed by atoms with Gasteiger partial charge in [0.05, 0.1) is 0 Å².